The van der Waals surface area contributed by atoms with E-state index in [0.717, 1.165) is 5.56 Å². The summed E-state index contributed by atoms with van der Waals surface area (Å²) in [6.07, 6.45) is 1.43. The number of carbonyl (C=O) groups excluding carboxylic acids is 3. The summed E-state index contributed by atoms with van der Waals surface area (Å²) in [6.45, 7) is 1.66. The average molecular weight is 472 g/mol. The first-order chi connectivity index (χ1) is 16.4. The van der Waals surface area contributed by atoms with Gasteiger partial charge in [0.05, 0.1) is 5.69 Å². The van der Waals surface area contributed by atoms with Crippen LogP contribution in [0.15, 0.2) is 84.4 Å². The van der Waals surface area contributed by atoms with E-state index < -0.39 is 11.8 Å². The molecule has 3 aromatic carbocycles. The van der Waals surface area contributed by atoms with E-state index in [-0.39, 0.29) is 23.2 Å². The molecule has 1 aliphatic rings. The van der Waals surface area contributed by atoms with E-state index in [2.05, 4.69) is 10.6 Å². The highest BCUT2D eigenvalue weighted by Crippen LogP contribution is 2.25. The molecular weight excluding hydrogens is 450 g/mol. The Morgan fingerprint density at radius 2 is 1.68 bits per heavy atom. The molecule has 0 spiro atoms. The van der Waals surface area contributed by atoms with Crippen molar-refractivity contribution in [1.82, 2.24) is 5.32 Å². The lowest BCUT2D eigenvalue weighted by Crippen LogP contribution is -2.54. The molecular formula is C26H21N3O4S. The number of nitrogens with zero attached hydrogens (tertiary/aromatic N) is 1. The minimum atomic E-state index is -0.603. The summed E-state index contributed by atoms with van der Waals surface area (Å²) < 4.78 is 5.72. The van der Waals surface area contributed by atoms with Gasteiger partial charge >= 0.3 is 0 Å². The zero-order valence-electron chi connectivity index (χ0n) is 18.3. The highest BCUT2D eigenvalue weighted by atomic mass is 32.1. The van der Waals surface area contributed by atoms with E-state index in [0.29, 0.717) is 22.7 Å². The molecule has 0 radical (unpaired) electrons. The molecule has 0 aromatic heterocycles. The summed E-state index contributed by atoms with van der Waals surface area (Å²) in [4.78, 5) is 39.4. The topological polar surface area (TPSA) is 87.7 Å². The van der Waals surface area contributed by atoms with Crippen LogP contribution in [0.25, 0.3) is 6.08 Å². The van der Waals surface area contributed by atoms with Gasteiger partial charge in [-0.05, 0) is 55.0 Å². The number of ether oxygens (including phenoxy) is 1. The zero-order valence-corrected chi connectivity index (χ0v) is 19.1. The van der Waals surface area contributed by atoms with Gasteiger partial charge < -0.3 is 10.1 Å². The molecule has 7 nitrogen and oxygen atoms in total. The average Bonchev–Trinajstić information content (AvgIpc) is 2.83. The van der Waals surface area contributed by atoms with Crippen molar-refractivity contribution in [2.24, 2.45) is 0 Å². The van der Waals surface area contributed by atoms with E-state index in [1.165, 1.54) is 11.0 Å². The van der Waals surface area contributed by atoms with Crippen LogP contribution in [0.1, 0.15) is 11.1 Å². The summed E-state index contributed by atoms with van der Waals surface area (Å²) in [5, 5.41) is 5.37. The van der Waals surface area contributed by atoms with E-state index >= 15 is 0 Å². The van der Waals surface area contributed by atoms with Gasteiger partial charge in [0.2, 0.25) is 0 Å². The third kappa shape index (κ3) is 5.02. The van der Waals surface area contributed by atoms with Crippen LogP contribution in [0.5, 0.6) is 5.75 Å². The summed E-state index contributed by atoms with van der Waals surface area (Å²) >= 11 is 5.22. The number of rotatable bonds is 6. The molecule has 2 N–H and O–H groups in total. The Balaban J connectivity index is 1.54. The van der Waals surface area contributed by atoms with Gasteiger partial charge in [-0.25, -0.2) is 0 Å². The SMILES string of the molecule is Cc1ccccc1NC(=O)COc1ccccc1/C=C1/C(=O)NC(=S)N(c2ccccc2)C1=O. The maximum absolute atomic E-state index is 13.2. The molecule has 3 amide bonds. The molecule has 1 heterocycles. The number of nitrogens with one attached hydrogen (secondary N) is 2. The normalized spacial score (nSPS) is 14.7. The minimum Gasteiger partial charge on any atom is -0.483 e. The van der Waals surface area contributed by atoms with Crippen LogP contribution in [-0.4, -0.2) is 29.4 Å². The lowest BCUT2D eigenvalue weighted by atomic mass is 10.1. The second-order valence-electron chi connectivity index (χ2n) is 7.48. The maximum atomic E-state index is 13.2. The molecule has 0 atom stereocenters. The molecule has 1 fully saturated rings. The predicted molar refractivity (Wildman–Crippen MR) is 134 cm³/mol. The Kier molecular flexibility index (Phi) is 6.79. The first-order valence-electron chi connectivity index (χ1n) is 10.5. The van der Waals surface area contributed by atoms with Crippen molar-refractivity contribution in [3.63, 3.8) is 0 Å². The molecule has 3 aromatic rings. The van der Waals surface area contributed by atoms with E-state index in [1.807, 2.05) is 37.3 Å². The molecule has 0 bridgehead atoms. The van der Waals surface area contributed by atoms with Crippen LogP contribution >= 0.6 is 12.2 Å². The fourth-order valence-electron chi connectivity index (χ4n) is 3.40. The largest absolute Gasteiger partial charge is 0.483 e. The molecule has 34 heavy (non-hydrogen) atoms. The number of anilines is 2. The van der Waals surface area contributed by atoms with Gasteiger partial charge in [0.25, 0.3) is 17.7 Å². The third-order valence-electron chi connectivity index (χ3n) is 5.11. The quantitative estimate of drug-likeness (QED) is 0.324. The summed E-state index contributed by atoms with van der Waals surface area (Å²) in [6, 6.07) is 23.1. The van der Waals surface area contributed by atoms with Crippen molar-refractivity contribution in [1.29, 1.82) is 0 Å². The van der Waals surface area contributed by atoms with Crippen LogP contribution < -0.4 is 20.3 Å². The summed E-state index contributed by atoms with van der Waals surface area (Å²) in [7, 11) is 0. The predicted octanol–water partition coefficient (Wildman–Crippen LogP) is 3.84. The van der Waals surface area contributed by atoms with Crippen molar-refractivity contribution in [2.75, 3.05) is 16.8 Å². The molecule has 170 valence electrons. The molecule has 0 unspecified atom stereocenters. The number of benzene rings is 3. The van der Waals surface area contributed by atoms with Gasteiger partial charge in [-0.3, -0.25) is 24.6 Å². The van der Waals surface area contributed by atoms with Gasteiger partial charge in [-0.1, -0.05) is 54.6 Å². The lowest BCUT2D eigenvalue weighted by Gasteiger charge is -2.28. The molecule has 8 heteroatoms. The number of hydrogen-bond donors (Lipinski definition) is 2. The van der Waals surface area contributed by atoms with E-state index in [1.54, 1.807) is 48.5 Å². The number of aryl methyl sites for hydroxylation is 1. The minimum absolute atomic E-state index is 0.00996. The number of thiocarbonyl (C=S) groups is 1. The third-order valence-corrected chi connectivity index (χ3v) is 5.40. The van der Waals surface area contributed by atoms with Crippen molar-refractivity contribution >= 4 is 52.5 Å². The Hall–Kier alpha value is -4.30. The maximum Gasteiger partial charge on any atom is 0.270 e. The highest BCUT2D eigenvalue weighted by Gasteiger charge is 2.34. The molecule has 4 rings (SSSR count). The highest BCUT2D eigenvalue weighted by molar-refractivity contribution is 7.80. The fourth-order valence-corrected chi connectivity index (χ4v) is 3.68. The van der Waals surface area contributed by atoms with Crippen LogP contribution in [-0.2, 0) is 14.4 Å². The molecule has 1 aliphatic heterocycles. The monoisotopic (exact) mass is 471 g/mol. The van der Waals surface area contributed by atoms with Crippen LogP contribution in [0, 0.1) is 6.92 Å². The fraction of sp³-hybridized carbons (Fsp3) is 0.0769. The Bertz CT molecular complexity index is 1300. The second-order valence-corrected chi connectivity index (χ2v) is 7.87. The molecule has 0 aliphatic carbocycles. The van der Waals surface area contributed by atoms with Gasteiger partial charge in [0.15, 0.2) is 11.7 Å². The summed E-state index contributed by atoms with van der Waals surface area (Å²) in [5.74, 6) is -1.12. The van der Waals surface area contributed by atoms with Gasteiger partial charge in [-0.15, -0.1) is 0 Å². The first kappa shape index (κ1) is 22.9. The smallest absolute Gasteiger partial charge is 0.270 e. The van der Waals surface area contributed by atoms with Crippen molar-refractivity contribution in [3.8, 4) is 5.75 Å². The molecule has 0 saturated carbocycles. The number of carbonyl (C=O) groups is 3. The van der Waals surface area contributed by atoms with Crippen LogP contribution in [0.3, 0.4) is 0 Å². The Morgan fingerprint density at radius 1 is 1.00 bits per heavy atom. The lowest BCUT2D eigenvalue weighted by molar-refractivity contribution is -0.122. The molecule has 1 saturated heterocycles. The number of hydrogen-bond acceptors (Lipinski definition) is 5. The van der Waals surface area contributed by atoms with Crippen molar-refractivity contribution in [3.05, 3.63) is 95.6 Å². The van der Waals surface area contributed by atoms with E-state index in [9.17, 15) is 14.4 Å². The van der Waals surface area contributed by atoms with Gasteiger partial charge in [0.1, 0.15) is 11.3 Å². The van der Waals surface area contributed by atoms with Crippen molar-refractivity contribution in [2.45, 2.75) is 6.92 Å². The first-order valence-corrected chi connectivity index (χ1v) is 10.9. The Morgan fingerprint density at radius 3 is 2.44 bits per heavy atom. The van der Waals surface area contributed by atoms with Gasteiger partial charge in [0, 0.05) is 11.3 Å². The van der Waals surface area contributed by atoms with E-state index in [4.69, 9.17) is 17.0 Å². The number of para-hydroxylation sites is 3. The van der Waals surface area contributed by atoms with Crippen molar-refractivity contribution < 1.29 is 19.1 Å². The second kappa shape index (κ2) is 10.1. The zero-order chi connectivity index (χ0) is 24.1. The Labute approximate surface area is 202 Å². The van der Waals surface area contributed by atoms with Crippen LogP contribution in [0.2, 0.25) is 0 Å². The van der Waals surface area contributed by atoms with Gasteiger partial charge in [-0.2, -0.15) is 0 Å². The summed E-state index contributed by atoms with van der Waals surface area (Å²) in [5.41, 5.74) is 2.56. The standard InChI is InChI=1S/C26H21N3O4S/c1-17-9-5-7-13-21(17)27-23(30)16-33-22-14-8-6-10-18(22)15-20-24(31)28-26(34)29(25(20)32)19-11-3-2-4-12-19/h2-15H,16H2,1H3,(H,27,30)(H,28,31,34)/b20-15-. The van der Waals surface area contributed by atoms with Crippen LogP contribution in [0.4, 0.5) is 11.4 Å². The number of amides is 3.